The van der Waals surface area contributed by atoms with Crippen LogP contribution >= 0.6 is 0 Å². The van der Waals surface area contributed by atoms with Gasteiger partial charge < -0.3 is 10.1 Å². The Morgan fingerprint density at radius 1 is 1.00 bits per heavy atom. The van der Waals surface area contributed by atoms with Crippen molar-refractivity contribution in [1.82, 2.24) is 5.32 Å². The monoisotopic (exact) mass is 311 g/mol. The summed E-state index contributed by atoms with van der Waals surface area (Å²) in [6, 6.07) is 19.2. The molecular formula is C19H21NO3. The lowest BCUT2D eigenvalue weighted by atomic mass is 9.84. The van der Waals surface area contributed by atoms with Crippen LogP contribution in [0.2, 0.25) is 0 Å². The quantitative estimate of drug-likeness (QED) is 0.602. The van der Waals surface area contributed by atoms with E-state index < -0.39 is 11.5 Å². The van der Waals surface area contributed by atoms with Crippen LogP contribution in [0.15, 0.2) is 60.7 Å². The largest absolute Gasteiger partial charge is 0.464 e. The van der Waals surface area contributed by atoms with Gasteiger partial charge in [-0.25, -0.2) is 4.79 Å². The molecule has 4 heteroatoms. The molecular weight excluding hydrogens is 290 g/mol. The zero-order chi connectivity index (χ0) is 16.5. The predicted octanol–water partition coefficient (Wildman–Crippen LogP) is 2.52. The van der Waals surface area contributed by atoms with Crippen LogP contribution in [0.4, 0.5) is 0 Å². The Labute approximate surface area is 136 Å². The van der Waals surface area contributed by atoms with Crippen molar-refractivity contribution < 1.29 is 14.3 Å². The van der Waals surface area contributed by atoms with Crippen LogP contribution < -0.4 is 5.32 Å². The number of nitrogens with one attached hydrogen (secondary N) is 1. The van der Waals surface area contributed by atoms with Crippen molar-refractivity contribution in [3.63, 3.8) is 0 Å². The van der Waals surface area contributed by atoms with E-state index in [0.717, 1.165) is 11.1 Å². The third kappa shape index (κ3) is 4.42. The molecule has 0 radical (unpaired) electrons. The van der Waals surface area contributed by atoms with Gasteiger partial charge in [-0.3, -0.25) is 4.79 Å². The molecule has 1 amide bonds. The van der Waals surface area contributed by atoms with Crippen molar-refractivity contribution in [3.05, 3.63) is 71.8 Å². The highest BCUT2D eigenvalue weighted by atomic mass is 16.5. The molecule has 0 unspecified atom stereocenters. The summed E-state index contributed by atoms with van der Waals surface area (Å²) in [6.45, 7) is 2.03. The number of hydrogen-bond acceptors (Lipinski definition) is 3. The van der Waals surface area contributed by atoms with Crippen molar-refractivity contribution in [2.75, 3.05) is 6.61 Å². The Morgan fingerprint density at radius 3 is 1.87 bits per heavy atom. The van der Waals surface area contributed by atoms with Crippen LogP contribution in [0.25, 0.3) is 0 Å². The highest BCUT2D eigenvalue weighted by Gasteiger charge is 2.40. The molecule has 0 fully saturated rings. The summed E-state index contributed by atoms with van der Waals surface area (Å²) in [6.07, 6.45) is 1.32. The summed E-state index contributed by atoms with van der Waals surface area (Å²) in [4.78, 5) is 23.8. The van der Waals surface area contributed by atoms with Gasteiger partial charge in [-0.05, 0) is 18.1 Å². The van der Waals surface area contributed by atoms with Gasteiger partial charge in [-0.2, -0.15) is 0 Å². The predicted molar refractivity (Wildman–Crippen MR) is 88.9 cm³/mol. The second-order valence-electron chi connectivity index (χ2n) is 5.39. The maximum atomic E-state index is 12.6. The van der Waals surface area contributed by atoms with Crippen molar-refractivity contribution in [2.45, 2.75) is 25.3 Å². The Morgan fingerprint density at radius 2 is 1.48 bits per heavy atom. The number of benzene rings is 2. The van der Waals surface area contributed by atoms with E-state index in [9.17, 15) is 9.59 Å². The minimum atomic E-state index is -1.11. The van der Waals surface area contributed by atoms with E-state index in [1.54, 1.807) is 6.92 Å². The van der Waals surface area contributed by atoms with E-state index in [2.05, 4.69) is 5.32 Å². The second-order valence-corrected chi connectivity index (χ2v) is 5.39. The van der Waals surface area contributed by atoms with Gasteiger partial charge in [0.05, 0.1) is 6.61 Å². The van der Waals surface area contributed by atoms with Gasteiger partial charge in [0.15, 0.2) is 0 Å². The van der Waals surface area contributed by atoms with Crippen LogP contribution in [0, 0.1) is 0 Å². The number of amides is 1. The molecule has 0 aliphatic carbocycles. The van der Waals surface area contributed by atoms with Crippen molar-refractivity contribution in [1.29, 1.82) is 0 Å². The van der Waals surface area contributed by atoms with E-state index in [0.29, 0.717) is 19.3 Å². The molecule has 2 aromatic carbocycles. The fourth-order valence-electron chi connectivity index (χ4n) is 2.64. The minimum absolute atomic E-state index is 0.269. The number of hydrogen-bond donors (Lipinski definition) is 1. The van der Waals surface area contributed by atoms with E-state index in [4.69, 9.17) is 4.74 Å². The average molecular weight is 311 g/mol. The lowest BCUT2D eigenvalue weighted by Gasteiger charge is -2.31. The molecule has 2 aromatic rings. The third-order valence-electron chi connectivity index (χ3n) is 3.70. The molecule has 0 atom stereocenters. The van der Waals surface area contributed by atoms with Crippen molar-refractivity contribution in [3.8, 4) is 0 Å². The molecule has 0 spiro atoms. The summed E-state index contributed by atoms with van der Waals surface area (Å²) in [7, 11) is 0. The van der Waals surface area contributed by atoms with E-state index in [1.165, 1.54) is 0 Å². The fourth-order valence-corrected chi connectivity index (χ4v) is 2.64. The maximum absolute atomic E-state index is 12.6. The SMILES string of the molecule is CCOC(=O)C(Cc1ccccc1)(Cc1ccccc1)NC=O. The molecule has 0 heterocycles. The summed E-state index contributed by atoms with van der Waals surface area (Å²) >= 11 is 0. The second kappa shape index (κ2) is 8.13. The first kappa shape index (κ1) is 16.7. The van der Waals surface area contributed by atoms with Gasteiger partial charge in [-0.1, -0.05) is 60.7 Å². The lowest BCUT2D eigenvalue weighted by Crippen LogP contribution is -2.56. The molecule has 0 aromatic heterocycles. The smallest absolute Gasteiger partial charge is 0.332 e. The molecule has 0 saturated heterocycles. The zero-order valence-electron chi connectivity index (χ0n) is 13.2. The zero-order valence-corrected chi connectivity index (χ0v) is 13.2. The van der Waals surface area contributed by atoms with Crippen LogP contribution in [0.1, 0.15) is 18.1 Å². The highest BCUT2D eigenvalue weighted by Crippen LogP contribution is 2.21. The number of esters is 1. The summed E-state index contributed by atoms with van der Waals surface area (Å²) in [5.41, 5.74) is 0.817. The first-order valence-corrected chi connectivity index (χ1v) is 7.66. The number of carbonyl (C=O) groups is 2. The van der Waals surface area contributed by atoms with Gasteiger partial charge in [0.1, 0.15) is 5.54 Å². The third-order valence-corrected chi connectivity index (χ3v) is 3.70. The molecule has 120 valence electrons. The number of rotatable bonds is 8. The van der Waals surface area contributed by atoms with E-state index in [-0.39, 0.29) is 6.61 Å². The minimum Gasteiger partial charge on any atom is -0.464 e. The summed E-state index contributed by atoms with van der Waals surface area (Å²) in [5, 5.41) is 2.72. The lowest BCUT2D eigenvalue weighted by molar-refractivity contribution is -0.152. The Hall–Kier alpha value is -2.62. The van der Waals surface area contributed by atoms with Gasteiger partial charge in [0, 0.05) is 12.8 Å². The Balaban J connectivity index is 2.37. The Bertz CT molecular complexity index is 584. The standard InChI is InChI=1S/C19H21NO3/c1-2-23-18(22)19(20-15-21,13-16-9-5-3-6-10-16)14-17-11-7-4-8-12-17/h3-12,15H,2,13-14H2,1H3,(H,20,21). The normalized spacial score (nSPS) is 10.8. The fraction of sp³-hybridized carbons (Fsp3) is 0.263. The number of carbonyl (C=O) groups excluding carboxylic acids is 2. The summed E-state index contributed by atoms with van der Waals surface area (Å²) < 4.78 is 5.24. The Kier molecular flexibility index (Phi) is 5.92. The van der Waals surface area contributed by atoms with Gasteiger partial charge in [0.2, 0.25) is 6.41 Å². The van der Waals surface area contributed by atoms with Gasteiger partial charge >= 0.3 is 5.97 Å². The molecule has 0 aliphatic rings. The average Bonchev–Trinajstić information content (AvgIpc) is 2.57. The van der Waals surface area contributed by atoms with Gasteiger partial charge in [0.25, 0.3) is 0 Å². The maximum Gasteiger partial charge on any atom is 0.332 e. The van der Waals surface area contributed by atoms with E-state index >= 15 is 0 Å². The van der Waals surface area contributed by atoms with E-state index in [1.807, 2.05) is 60.7 Å². The highest BCUT2D eigenvalue weighted by molar-refractivity contribution is 5.84. The molecule has 0 saturated carbocycles. The van der Waals surface area contributed by atoms with Crippen molar-refractivity contribution in [2.24, 2.45) is 0 Å². The number of ether oxygens (including phenoxy) is 1. The topological polar surface area (TPSA) is 55.4 Å². The molecule has 4 nitrogen and oxygen atoms in total. The van der Waals surface area contributed by atoms with Crippen LogP contribution in [0.3, 0.4) is 0 Å². The first-order valence-electron chi connectivity index (χ1n) is 7.66. The molecule has 23 heavy (non-hydrogen) atoms. The van der Waals surface area contributed by atoms with Crippen LogP contribution in [-0.2, 0) is 27.2 Å². The molecule has 0 aliphatic heterocycles. The molecule has 0 bridgehead atoms. The van der Waals surface area contributed by atoms with Crippen molar-refractivity contribution >= 4 is 12.4 Å². The summed E-state index contributed by atoms with van der Waals surface area (Å²) in [5.74, 6) is -0.417. The van der Waals surface area contributed by atoms with Gasteiger partial charge in [-0.15, -0.1) is 0 Å². The van der Waals surface area contributed by atoms with Crippen LogP contribution in [0.5, 0.6) is 0 Å². The molecule has 1 N–H and O–H groups in total. The van der Waals surface area contributed by atoms with Crippen LogP contribution in [-0.4, -0.2) is 24.5 Å². The first-order chi connectivity index (χ1) is 11.2. The molecule has 2 rings (SSSR count).